The van der Waals surface area contributed by atoms with Gasteiger partial charge in [-0.25, -0.2) is 9.97 Å². The molecule has 41 heavy (non-hydrogen) atoms. The summed E-state index contributed by atoms with van der Waals surface area (Å²) in [7, 11) is 0. The van der Waals surface area contributed by atoms with Crippen LogP contribution in [0.25, 0.3) is 0 Å². The lowest BCUT2D eigenvalue weighted by atomic mass is 10.1. The molecule has 8 heteroatoms. The van der Waals surface area contributed by atoms with Crippen LogP contribution in [0.3, 0.4) is 0 Å². The van der Waals surface area contributed by atoms with E-state index in [0.29, 0.717) is 51.9 Å². The van der Waals surface area contributed by atoms with Crippen LogP contribution in [0, 0.1) is 0 Å². The van der Waals surface area contributed by atoms with Crippen molar-refractivity contribution >= 4 is 5.91 Å². The predicted molar refractivity (Wildman–Crippen MR) is 166 cm³/mol. The van der Waals surface area contributed by atoms with Crippen molar-refractivity contribution < 1.29 is 23.7 Å². The third kappa shape index (κ3) is 27.0. The first-order chi connectivity index (χ1) is 20.3. The number of ether oxygens (including phenoxy) is 4. The Balaban J connectivity index is 1.65. The Morgan fingerprint density at radius 2 is 1.00 bits per heavy atom. The summed E-state index contributed by atoms with van der Waals surface area (Å²) in [4.78, 5) is 19.7. The number of nitrogens with one attached hydrogen (secondary N) is 1. The molecule has 1 aromatic rings. The summed E-state index contributed by atoms with van der Waals surface area (Å²) < 4.78 is 22.4. The molecule has 1 rings (SSSR count). The number of carbonyl (C=O) groups is 1. The van der Waals surface area contributed by atoms with Crippen LogP contribution in [-0.4, -0.2) is 75.3 Å². The molecular formula is C33H61N3O5. The number of aromatic nitrogens is 2. The highest BCUT2D eigenvalue weighted by Gasteiger charge is 2.04. The van der Waals surface area contributed by atoms with Gasteiger partial charge in [0, 0.05) is 26.0 Å². The van der Waals surface area contributed by atoms with Crippen molar-refractivity contribution in [3.05, 3.63) is 24.3 Å². The largest absolute Gasteiger partial charge is 0.379 e. The van der Waals surface area contributed by atoms with E-state index in [1.807, 2.05) is 0 Å². The molecule has 0 aliphatic carbocycles. The van der Waals surface area contributed by atoms with Crippen molar-refractivity contribution in [1.82, 2.24) is 15.3 Å². The zero-order valence-electron chi connectivity index (χ0n) is 26.3. The number of amides is 1. The minimum Gasteiger partial charge on any atom is -0.379 e. The van der Waals surface area contributed by atoms with E-state index in [9.17, 15) is 4.79 Å². The SMILES string of the molecule is CCCCCCCCCCOCCOCCOCCOCCCCCCCCCCCCNC(=O)c1ccncn1. The van der Waals surface area contributed by atoms with Gasteiger partial charge in [0.1, 0.15) is 12.0 Å². The second-order valence-electron chi connectivity index (χ2n) is 10.8. The first-order valence-corrected chi connectivity index (χ1v) is 16.7. The molecule has 0 atom stereocenters. The average Bonchev–Trinajstić information content (AvgIpc) is 3.00. The predicted octanol–water partition coefficient (Wildman–Crippen LogP) is 7.31. The van der Waals surface area contributed by atoms with Gasteiger partial charge in [-0.3, -0.25) is 4.79 Å². The summed E-state index contributed by atoms with van der Waals surface area (Å²) in [5, 5.41) is 2.92. The van der Waals surface area contributed by atoms with Gasteiger partial charge in [0.2, 0.25) is 0 Å². The number of hydrogen-bond acceptors (Lipinski definition) is 7. The highest BCUT2D eigenvalue weighted by molar-refractivity contribution is 5.91. The Labute approximate surface area is 251 Å². The van der Waals surface area contributed by atoms with Crippen LogP contribution in [0.1, 0.15) is 133 Å². The molecule has 1 amide bonds. The number of hydrogen-bond donors (Lipinski definition) is 1. The molecule has 0 saturated heterocycles. The zero-order valence-corrected chi connectivity index (χ0v) is 26.3. The van der Waals surface area contributed by atoms with Crippen LogP contribution in [0.15, 0.2) is 18.6 Å². The number of rotatable bonds is 32. The third-order valence-electron chi connectivity index (χ3n) is 7.07. The van der Waals surface area contributed by atoms with E-state index in [-0.39, 0.29) is 5.91 Å². The second-order valence-corrected chi connectivity index (χ2v) is 10.8. The monoisotopic (exact) mass is 579 g/mol. The molecule has 0 spiro atoms. The summed E-state index contributed by atoms with van der Waals surface area (Å²) >= 11 is 0. The fraction of sp³-hybridized carbons (Fsp3) is 0.848. The highest BCUT2D eigenvalue weighted by atomic mass is 16.6. The van der Waals surface area contributed by atoms with Crippen molar-refractivity contribution in [3.8, 4) is 0 Å². The first-order valence-electron chi connectivity index (χ1n) is 16.7. The minimum atomic E-state index is -0.118. The van der Waals surface area contributed by atoms with Gasteiger partial charge in [-0.1, -0.05) is 103 Å². The van der Waals surface area contributed by atoms with Crippen molar-refractivity contribution in [2.75, 3.05) is 59.4 Å². The van der Waals surface area contributed by atoms with E-state index in [2.05, 4.69) is 22.2 Å². The summed E-state index contributed by atoms with van der Waals surface area (Å²) in [6, 6.07) is 1.63. The summed E-state index contributed by atoms with van der Waals surface area (Å²) in [5.74, 6) is -0.118. The van der Waals surface area contributed by atoms with E-state index in [1.165, 1.54) is 96.2 Å². The van der Waals surface area contributed by atoms with E-state index in [1.54, 1.807) is 12.3 Å². The van der Waals surface area contributed by atoms with E-state index in [4.69, 9.17) is 18.9 Å². The maximum atomic E-state index is 11.9. The van der Waals surface area contributed by atoms with Gasteiger partial charge in [0.15, 0.2) is 0 Å². The Bertz CT molecular complexity index is 666. The zero-order chi connectivity index (χ0) is 29.3. The lowest BCUT2D eigenvalue weighted by molar-refractivity contribution is -0.00248. The lowest BCUT2D eigenvalue weighted by Crippen LogP contribution is -2.25. The van der Waals surface area contributed by atoms with E-state index < -0.39 is 0 Å². The average molecular weight is 580 g/mol. The molecule has 1 heterocycles. The number of carbonyl (C=O) groups excluding carboxylic acids is 1. The van der Waals surface area contributed by atoms with E-state index in [0.717, 1.165) is 38.9 Å². The van der Waals surface area contributed by atoms with Gasteiger partial charge in [0.05, 0.1) is 39.6 Å². The molecule has 0 aliphatic heterocycles. The molecule has 1 aromatic heterocycles. The highest BCUT2D eigenvalue weighted by Crippen LogP contribution is 2.11. The van der Waals surface area contributed by atoms with Crippen LogP contribution in [0.5, 0.6) is 0 Å². The van der Waals surface area contributed by atoms with Crippen LogP contribution < -0.4 is 5.32 Å². The van der Waals surface area contributed by atoms with Crippen molar-refractivity contribution in [3.63, 3.8) is 0 Å². The van der Waals surface area contributed by atoms with Crippen LogP contribution in [-0.2, 0) is 18.9 Å². The van der Waals surface area contributed by atoms with Crippen LogP contribution in [0.2, 0.25) is 0 Å². The molecule has 0 bridgehead atoms. The topological polar surface area (TPSA) is 91.8 Å². The van der Waals surface area contributed by atoms with Crippen molar-refractivity contribution in [2.45, 2.75) is 122 Å². The molecule has 1 N–H and O–H groups in total. The fourth-order valence-corrected chi connectivity index (χ4v) is 4.56. The van der Waals surface area contributed by atoms with Gasteiger partial charge in [-0.2, -0.15) is 0 Å². The van der Waals surface area contributed by atoms with Crippen LogP contribution >= 0.6 is 0 Å². The van der Waals surface area contributed by atoms with Crippen molar-refractivity contribution in [2.24, 2.45) is 0 Å². The van der Waals surface area contributed by atoms with E-state index >= 15 is 0 Å². The van der Waals surface area contributed by atoms with Crippen LogP contribution in [0.4, 0.5) is 0 Å². The molecule has 0 radical (unpaired) electrons. The van der Waals surface area contributed by atoms with Gasteiger partial charge in [0.25, 0.3) is 5.91 Å². The summed E-state index contributed by atoms with van der Waals surface area (Å²) in [5.41, 5.74) is 0.429. The number of nitrogens with zero attached hydrogens (tertiary/aromatic N) is 2. The van der Waals surface area contributed by atoms with Gasteiger partial charge >= 0.3 is 0 Å². The van der Waals surface area contributed by atoms with Gasteiger partial charge in [-0.15, -0.1) is 0 Å². The maximum Gasteiger partial charge on any atom is 0.270 e. The molecule has 0 aliphatic rings. The molecular weight excluding hydrogens is 518 g/mol. The van der Waals surface area contributed by atoms with Gasteiger partial charge < -0.3 is 24.3 Å². The summed E-state index contributed by atoms with van der Waals surface area (Å²) in [6.45, 7) is 8.48. The molecule has 0 saturated carbocycles. The first kappa shape index (κ1) is 37.4. The summed E-state index contributed by atoms with van der Waals surface area (Å²) in [6.07, 6.45) is 25.9. The fourth-order valence-electron chi connectivity index (χ4n) is 4.56. The Hall–Kier alpha value is -1.61. The molecule has 8 nitrogen and oxygen atoms in total. The van der Waals surface area contributed by atoms with Gasteiger partial charge in [-0.05, 0) is 25.3 Å². The maximum absolute atomic E-state index is 11.9. The lowest BCUT2D eigenvalue weighted by Gasteiger charge is -2.08. The molecule has 0 fully saturated rings. The molecule has 0 unspecified atom stereocenters. The standard InChI is InChI=1S/C33H61N3O5/c1-2-3-4-5-6-12-15-18-23-38-25-27-40-29-30-41-28-26-39-24-19-16-13-10-8-7-9-11-14-17-21-35-33(37)32-20-22-34-31-36-32/h20,22,31H,2-19,21,23-30H2,1H3,(H,35,37). The van der Waals surface area contributed by atoms with Crippen molar-refractivity contribution in [1.29, 1.82) is 0 Å². The smallest absolute Gasteiger partial charge is 0.270 e. The Morgan fingerprint density at radius 1 is 0.585 bits per heavy atom. The normalized spacial score (nSPS) is 11.2. The molecule has 238 valence electrons. The minimum absolute atomic E-state index is 0.118. The second kappa shape index (κ2) is 31.3. The quantitative estimate of drug-likeness (QED) is 0.0895. The Kier molecular flexibility index (Phi) is 28.6. The third-order valence-corrected chi connectivity index (χ3v) is 7.07. The Morgan fingerprint density at radius 3 is 1.44 bits per heavy atom. The molecule has 0 aromatic carbocycles. The number of unbranched alkanes of at least 4 members (excludes halogenated alkanes) is 16.